The fourth-order valence-electron chi connectivity index (χ4n) is 2.44. The molecule has 2 atom stereocenters. The Hall–Kier alpha value is -1.66. The molecule has 3 heterocycles. The smallest absolute Gasteiger partial charge is 0.275 e. The zero-order valence-electron chi connectivity index (χ0n) is 11.2. The van der Waals surface area contributed by atoms with E-state index in [9.17, 15) is 4.79 Å². The van der Waals surface area contributed by atoms with Crippen LogP contribution in [0.1, 0.15) is 38.3 Å². The van der Waals surface area contributed by atoms with Crippen LogP contribution in [0.5, 0.6) is 0 Å². The molecule has 0 aliphatic carbocycles. The van der Waals surface area contributed by atoms with Gasteiger partial charge in [0.1, 0.15) is 11.0 Å². The molecule has 1 fully saturated rings. The highest BCUT2D eigenvalue weighted by Gasteiger charge is 2.26. The largest absolute Gasteiger partial charge is 0.395 e. The fourth-order valence-corrected chi connectivity index (χ4v) is 2.44. The van der Waals surface area contributed by atoms with Crippen molar-refractivity contribution in [3.63, 3.8) is 0 Å². The summed E-state index contributed by atoms with van der Waals surface area (Å²) < 4.78 is 0. The van der Waals surface area contributed by atoms with E-state index in [0.717, 1.165) is 18.4 Å². The Balaban J connectivity index is 0.000000637. The molecule has 3 rings (SSSR count). The van der Waals surface area contributed by atoms with E-state index in [0.29, 0.717) is 11.0 Å². The van der Waals surface area contributed by atoms with E-state index in [1.165, 1.54) is 6.33 Å². The predicted molar refractivity (Wildman–Crippen MR) is 74.0 cm³/mol. The lowest BCUT2D eigenvalue weighted by atomic mass is 10.1. The van der Waals surface area contributed by atoms with Gasteiger partial charge in [-0.1, -0.05) is 13.8 Å². The lowest BCUT2D eigenvalue weighted by Crippen LogP contribution is -2.27. The molecule has 0 spiro atoms. The standard InChI is InChI=1S/C11H14N4O2.C2H6/c16-4-6-1-2-8(15-6)7-3-12-10-9(7)13-5-14-11(10)17;1-2/h3,5-6,8,12,15-16H,1-2,4H2,(H,13,14,17);1-2H3. The second kappa shape index (κ2) is 5.99. The van der Waals surface area contributed by atoms with Crippen LogP contribution in [-0.4, -0.2) is 32.7 Å². The van der Waals surface area contributed by atoms with E-state index in [4.69, 9.17) is 5.11 Å². The van der Waals surface area contributed by atoms with Crippen LogP contribution >= 0.6 is 0 Å². The number of hydrogen-bond acceptors (Lipinski definition) is 4. The van der Waals surface area contributed by atoms with Gasteiger partial charge in [0.05, 0.1) is 12.9 Å². The van der Waals surface area contributed by atoms with Gasteiger partial charge in [0, 0.05) is 23.8 Å². The average molecular weight is 264 g/mol. The van der Waals surface area contributed by atoms with E-state index in [-0.39, 0.29) is 24.2 Å². The van der Waals surface area contributed by atoms with Gasteiger partial charge in [0.2, 0.25) is 0 Å². The molecule has 0 bridgehead atoms. The van der Waals surface area contributed by atoms with Crippen LogP contribution in [0.15, 0.2) is 17.3 Å². The molecule has 6 nitrogen and oxygen atoms in total. The number of aliphatic hydroxyl groups excluding tert-OH is 1. The Morgan fingerprint density at radius 2 is 2.16 bits per heavy atom. The number of aromatic amines is 2. The molecule has 2 unspecified atom stereocenters. The third-order valence-corrected chi connectivity index (χ3v) is 3.34. The monoisotopic (exact) mass is 264 g/mol. The van der Waals surface area contributed by atoms with Gasteiger partial charge in [-0.2, -0.15) is 0 Å². The molecule has 1 saturated heterocycles. The summed E-state index contributed by atoms with van der Waals surface area (Å²) in [5, 5.41) is 12.4. The van der Waals surface area contributed by atoms with E-state index >= 15 is 0 Å². The lowest BCUT2D eigenvalue weighted by molar-refractivity contribution is 0.252. The van der Waals surface area contributed by atoms with Crippen molar-refractivity contribution >= 4 is 11.0 Å². The topological polar surface area (TPSA) is 93.8 Å². The zero-order valence-corrected chi connectivity index (χ0v) is 11.2. The number of hydrogen-bond donors (Lipinski definition) is 4. The molecule has 4 N–H and O–H groups in total. The van der Waals surface area contributed by atoms with Crippen LogP contribution in [0.4, 0.5) is 0 Å². The third kappa shape index (κ3) is 2.54. The van der Waals surface area contributed by atoms with Gasteiger partial charge >= 0.3 is 0 Å². The second-order valence-corrected chi connectivity index (χ2v) is 4.38. The van der Waals surface area contributed by atoms with Crippen LogP contribution in [-0.2, 0) is 0 Å². The van der Waals surface area contributed by atoms with E-state index in [2.05, 4.69) is 20.3 Å². The summed E-state index contributed by atoms with van der Waals surface area (Å²) >= 11 is 0. The van der Waals surface area contributed by atoms with Gasteiger partial charge < -0.3 is 20.4 Å². The van der Waals surface area contributed by atoms with Crippen molar-refractivity contribution in [2.45, 2.75) is 38.8 Å². The van der Waals surface area contributed by atoms with Crippen molar-refractivity contribution in [2.24, 2.45) is 0 Å². The number of H-pyrrole nitrogens is 2. The third-order valence-electron chi connectivity index (χ3n) is 3.34. The first-order chi connectivity index (χ1) is 9.29. The normalized spacial score (nSPS) is 22.3. The zero-order chi connectivity index (χ0) is 13.8. The van der Waals surface area contributed by atoms with E-state index < -0.39 is 0 Å². The van der Waals surface area contributed by atoms with Gasteiger partial charge in [-0.25, -0.2) is 4.98 Å². The summed E-state index contributed by atoms with van der Waals surface area (Å²) in [5.41, 5.74) is 2.07. The minimum absolute atomic E-state index is 0.145. The van der Waals surface area contributed by atoms with Crippen LogP contribution < -0.4 is 10.9 Å². The summed E-state index contributed by atoms with van der Waals surface area (Å²) in [5.74, 6) is 0. The minimum atomic E-state index is -0.155. The summed E-state index contributed by atoms with van der Waals surface area (Å²) in [6.07, 6.45) is 5.13. The highest BCUT2D eigenvalue weighted by Crippen LogP contribution is 2.29. The SMILES string of the molecule is CC.O=c1[nH]cnc2c(C3CCC(CO)N3)c[nH]c12. The maximum absolute atomic E-state index is 11.5. The first-order valence-electron chi connectivity index (χ1n) is 6.71. The number of nitrogens with one attached hydrogen (secondary N) is 3. The minimum Gasteiger partial charge on any atom is -0.395 e. The summed E-state index contributed by atoms with van der Waals surface area (Å²) in [7, 11) is 0. The van der Waals surface area contributed by atoms with Crippen LogP contribution in [0.25, 0.3) is 11.0 Å². The van der Waals surface area contributed by atoms with Gasteiger partial charge in [0.25, 0.3) is 5.56 Å². The highest BCUT2D eigenvalue weighted by molar-refractivity contribution is 5.78. The fraction of sp³-hybridized carbons (Fsp3) is 0.538. The molecule has 104 valence electrons. The molecule has 0 aromatic carbocycles. The maximum atomic E-state index is 11.5. The number of fused-ring (bicyclic) bond motifs is 1. The molecule has 0 amide bonds. The molecular formula is C13H20N4O2. The Labute approximate surface area is 111 Å². The van der Waals surface area contributed by atoms with Crippen molar-refractivity contribution < 1.29 is 5.11 Å². The van der Waals surface area contributed by atoms with Gasteiger partial charge in [-0.15, -0.1) is 0 Å². The number of aliphatic hydroxyl groups is 1. The Bertz CT molecular complexity index is 590. The first kappa shape index (κ1) is 13.8. The van der Waals surface area contributed by atoms with Gasteiger partial charge in [-0.3, -0.25) is 4.79 Å². The molecule has 2 aromatic heterocycles. The number of rotatable bonds is 2. The molecule has 0 saturated carbocycles. The molecule has 6 heteroatoms. The summed E-state index contributed by atoms with van der Waals surface area (Å²) in [4.78, 5) is 21.2. The average Bonchev–Trinajstić information content (AvgIpc) is 3.07. The molecular weight excluding hydrogens is 244 g/mol. The number of aromatic nitrogens is 3. The lowest BCUT2D eigenvalue weighted by Gasteiger charge is -2.11. The summed E-state index contributed by atoms with van der Waals surface area (Å²) in [6, 6.07) is 0.308. The Morgan fingerprint density at radius 1 is 1.37 bits per heavy atom. The van der Waals surface area contributed by atoms with Crippen LogP contribution in [0, 0.1) is 0 Å². The molecule has 1 aliphatic rings. The highest BCUT2D eigenvalue weighted by atomic mass is 16.3. The molecule has 19 heavy (non-hydrogen) atoms. The molecule has 1 aliphatic heterocycles. The molecule has 0 radical (unpaired) electrons. The van der Waals surface area contributed by atoms with Crippen LogP contribution in [0.2, 0.25) is 0 Å². The van der Waals surface area contributed by atoms with Crippen molar-refractivity contribution in [3.8, 4) is 0 Å². The second-order valence-electron chi connectivity index (χ2n) is 4.38. The van der Waals surface area contributed by atoms with Gasteiger partial charge in [-0.05, 0) is 12.8 Å². The van der Waals surface area contributed by atoms with Gasteiger partial charge in [0.15, 0.2) is 0 Å². The van der Waals surface area contributed by atoms with E-state index in [1.807, 2.05) is 20.0 Å². The quantitative estimate of drug-likeness (QED) is 0.652. The Morgan fingerprint density at radius 3 is 2.84 bits per heavy atom. The maximum Gasteiger partial charge on any atom is 0.275 e. The number of nitrogens with zero attached hydrogens (tertiary/aromatic N) is 1. The summed E-state index contributed by atoms with van der Waals surface area (Å²) in [6.45, 7) is 4.15. The van der Waals surface area contributed by atoms with E-state index in [1.54, 1.807) is 0 Å². The predicted octanol–water partition coefficient (Wildman–Crippen LogP) is 1.06. The Kier molecular flexibility index (Phi) is 4.34. The van der Waals surface area contributed by atoms with Crippen molar-refractivity contribution in [1.29, 1.82) is 0 Å². The van der Waals surface area contributed by atoms with Crippen molar-refractivity contribution in [3.05, 3.63) is 28.4 Å². The van der Waals surface area contributed by atoms with Crippen molar-refractivity contribution in [2.75, 3.05) is 6.61 Å². The first-order valence-corrected chi connectivity index (χ1v) is 6.71. The van der Waals surface area contributed by atoms with Crippen molar-refractivity contribution in [1.82, 2.24) is 20.3 Å². The molecule has 2 aromatic rings. The van der Waals surface area contributed by atoms with Crippen LogP contribution in [0.3, 0.4) is 0 Å².